The number of anilines is 2. The maximum atomic E-state index is 13.5. The van der Waals surface area contributed by atoms with Crippen LogP contribution in [-0.4, -0.2) is 54.9 Å². The van der Waals surface area contributed by atoms with Gasteiger partial charge in [0.25, 0.3) is 11.8 Å². The van der Waals surface area contributed by atoms with Crippen LogP contribution in [-0.2, 0) is 6.54 Å². The molecule has 0 aliphatic carbocycles. The first-order valence-electron chi connectivity index (χ1n) is 11.1. The van der Waals surface area contributed by atoms with Crippen molar-refractivity contribution in [2.75, 3.05) is 43.4 Å². The number of aromatic nitrogens is 1. The normalized spacial score (nSPS) is 13.5. The van der Waals surface area contributed by atoms with E-state index in [1.807, 2.05) is 49.4 Å². The van der Waals surface area contributed by atoms with Crippen LogP contribution >= 0.6 is 0 Å². The Morgan fingerprint density at radius 3 is 2.45 bits per heavy atom. The number of pyridine rings is 1. The molecule has 3 aromatic rings. The van der Waals surface area contributed by atoms with Crippen molar-refractivity contribution in [3.05, 3.63) is 89.1 Å². The average molecular weight is 444 g/mol. The Hall–Kier alpha value is -3.71. The molecule has 170 valence electrons. The fraction of sp³-hybridized carbons (Fsp3) is 0.269. The molecule has 1 aromatic heterocycles. The van der Waals surface area contributed by atoms with Gasteiger partial charge in [0, 0.05) is 45.3 Å². The van der Waals surface area contributed by atoms with E-state index >= 15 is 0 Å². The molecule has 0 radical (unpaired) electrons. The van der Waals surface area contributed by atoms with Gasteiger partial charge in [-0.1, -0.05) is 48.0 Å². The summed E-state index contributed by atoms with van der Waals surface area (Å²) < 4.78 is 0. The van der Waals surface area contributed by atoms with E-state index in [0.29, 0.717) is 29.2 Å². The highest BCUT2D eigenvalue weighted by molar-refractivity contribution is 6.05. The van der Waals surface area contributed by atoms with Crippen molar-refractivity contribution in [2.24, 2.45) is 0 Å². The van der Waals surface area contributed by atoms with E-state index in [-0.39, 0.29) is 11.8 Å². The highest BCUT2D eigenvalue weighted by Gasteiger charge is 2.23. The number of carbonyl (C=O) groups is 2. The van der Waals surface area contributed by atoms with Gasteiger partial charge in [-0.2, -0.15) is 0 Å². The lowest BCUT2D eigenvalue weighted by molar-refractivity contribution is 0.0785. The molecule has 0 bridgehead atoms. The van der Waals surface area contributed by atoms with Gasteiger partial charge in [-0.15, -0.1) is 0 Å². The number of aryl methyl sites for hydroxylation is 1. The number of nitrogens with zero attached hydrogens (tertiary/aromatic N) is 3. The fourth-order valence-corrected chi connectivity index (χ4v) is 3.85. The number of benzene rings is 2. The number of hydrogen-bond acceptors (Lipinski definition) is 5. The molecule has 0 saturated carbocycles. The first kappa shape index (κ1) is 22.5. The van der Waals surface area contributed by atoms with Crippen LogP contribution in [0.1, 0.15) is 31.8 Å². The third-order valence-electron chi connectivity index (χ3n) is 5.69. The summed E-state index contributed by atoms with van der Waals surface area (Å²) in [5.41, 5.74) is 3.67. The summed E-state index contributed by atoms with van der Waals surface area (Å²) >= 11 is 0. The van der Waals surface area contributed by atoms with Crippen LogP contribution in [0.2, 0.25) is 0 Å². The Morgan fingerprint density at radius 2 is 1.76 bits per heavy atom. The van der Waals surface area contributed by atoms with Crippen LogP contribution in [0.15, 0.2) is 66.9 Å². The largest absolute Gasteiger partial charge is 0.353 e. The molecule has 2 aromatic carbocycles. The summed E-state index contributed by atoms with van der Waals surface area (Å²) in [5, 5.41) is 6.22. The highest BCUT2D eigenvalue weighted by atomic mass is 16.2. The molecule has 0 unspecified atom stereocenters. The molecular weight excluding hydrogens is 414 g/mol. The predicted octanol–water partition coefficient (Wildman–Crippen LogP) is 3.32. The van der Waals surface area contributed by atoms with Gasteiger partial charge in [-0.05, 0) is 30.7 Å². The van der Waals surface area contributed by atoms with E-state index in [9.17, 15) is 9.59 Å². The number of nitrogens with one attached hydrogen (secondary N) is 2. The maximum Gasteiger partial charge on any atom is 0.257 e. The minimum Gasteiger partial charge on any atom is -0.353 e. The Balaban J connectivity index is 1.60. The maximum absolute atomic E-state index is 13.5. The molecule has 33 heavy (non-hydrogen) atoms. The monoisotopic (exact) mass is 443 g/mol. The molecule has 7 heteroatoms. The minimum atomic E-state index is -0.234. The van der Waals surface area contributed by atoms with Gasteiger partial charge in [0.15, 0.2) is 0 Å². The second-order valence-electron chi connectivity index (χ2n) is 8.30. The predicted molar refractivity (Wildman–Crippen MR) is 131 cm³/mol. The highest BCUT2D eigenvalue weighted by Crippen LogP contribution is 2.24. The summed E-state index contributed by atoms with van der Waals surface area (Å²) in [6, 6.07) is 19.0. The second-order valence-corrected chi connectivity index (χ2v) is 8.30. The van der Waals surface area contributed by atoms with E-state index in [1.54, 1.807) is 36.3 Å². The lowest BCUT2D eigenvalue weighted by atomic mass is 10.1. The molecule has 2 heterocycles. The lowest BCUT2D eigenvalue weighted by Gasteiger charge is -2.30. The average Bonchev–Trinajstić information content (AvgIpc) is 2.85. The van der Waals surface area contributed by atoms with Crippen LogP contribution in [0.25, 0.3) is 0 Å². The molecule has 1 saturated heterocycles. The SMILES string of the molecule is Cc1ccc(C(=O)Nc2cnc(N3CCNCC3)c(C(=O)N(C)Cc3ccccc3)c2)cc1. The second kappa shape index (κ2) is 10.3. The van der Waals surface area contributed by atoms with Crippen LogP contribution in [0.3, 0.4) is 0 Å². The van der Waals surface area contributed by atoms with E-state index in [1.165, 1.54) is 0 Å². The van der Waals surface area contributed by atoms with Crippen molar-refractivity contribution < 1.29 is 9.59 Å². The van der Waals surface area contributed by atoms with Gasteiger partial charge in [0.1, 0.15) is 5.82 Å². The fourth-order valence-electron chi connectivity index (χ4n) is 3.85. The Labute approximate surface area is 194 Å². The molecular formula is C26H29N5O2. The smallest absolute Gasteiger partial charge is 0.257 e. The van der Waals surface area contributed by atoms with E-state index in [4.69, 9.17) is 0 Å². The van der Waals surface area contributed by atoms with E-state index in [0.717, 1.165) is 37.3 Å². The summed E-state index contributed by atoms with van der Waals surface area (Å²) in [7, 11) is 1.79. The minimum absolute atomic E-state index is 0.133. The van der Waals surface area contributed by atoms with Crippen molar-refractivity contribution in [3.8, 4) is 0 Å². The summed E-state index contributed by atoms with van der Waals surface area (Å²) in [5.74, 6) is 0.281. The molecule has 1 fully saturated rings. The van der Waals surface area contributed by atoms with Crippen LogP contribution in [0.4, 0.5) is 11.5 Å². The Bertz CT molecular complexity index is 1110. The molecule has 0 atom stereocenters. The van der Waals surface area contributed by atoms with Crippen LogP contribution < -0.4 is 15.5 Å². The summed E-state index contributed by atoms with van der Waals surface area (Å²) in [6.45, 7) is 5.67. The van der Waals surface area contributed by atoms with Gasteiger partial charge < -0.3 is 20.4 Å². The van der Waals surface area contributed by atoms with Gasteiger partial charge in [-0.3, -0.25) is 9.59 Å². The summed E-state index contributed by atoms with van der Waals surface area (Å²) in [4.78, 5) is 34.6. The molecule has 2 N–H and O–H groups in total. The topological polar surface area (TPSA) is 77.6 Å². The zero-order chi connectivity index (χ0) is 23.2. The van der Waals surface area contributed by atoms with E-state index < -0.39 is 0 Å². The third-order valence-corrected chi connectivity index (χ3v) is 5.69. The first-order valence-corrected chi connectivity index (χ1v) is 11.1. The van der Waals surface area contributed by atoms with Gasteiger partial charge in [-0.25, -0.2) is 4.98 Å². The zero-order valence-electron chi connectivity index (χ0n) is 19.0. The Kier molecular flexibility index (Phi) is 7.00. The van der Waals surface area contributed by atoms with Crippen molar-refractivity contribution >= 4 is 23.3 Å². The van der Waals surface area contributed by atoms with E-state index in [2.05, 4.69) is 20.5 Å². The van der Waals surface area contributed by atoms with Crippen molar-refractivity contribution in [1.29, 1.82) is 0 Å². The van der Waals surface area contributed by atoms with Gasteiger partial charge >= 0.3 is 0 Å². The third kappa shape index (κ3) is 5.56. The van der Waals surface area contributed by atoms with Crippen molar-refractivity contribution in [3.63, 3.8) is 0 Å². The van der Waals surface area contributed by atoms with Gasteiger partial charge in [0.2, 0.25) is 0 Å². The molecule has 0 spiro atoms. The van der Waals surface area contributed by atoms with Crippen LogP contribution in [0.5, 0.6) is 0 Å². The molecule has 1 aliphatic rings. The first-order chi connectivity index (χ1) is 16.0. The number of rotatable bonds is 6. The molecule has 1 aliphatic heterocycles. The van der Waals surface area contributed by atoms with Gasteiger partial charge in [0.05, 0.1) is 17.4 Å². The number of hydrogen-bond donors (Lipinski definition) is 2. The quantitative estimate of drug-likeness (QED) is 0.611. The number of piperazine rings is 1. The number of carbonyl (C=O) groups excluding carboxylic acids is 2. The summed E-state index contributed by atoms with van der Waals surface area (Å²) in [6.07, 6.45) is 1.62. The molecule has 2 amide bonds. The molecule has 4 rings (SSSR count). The van der Waals surface area contributed by atoms with Crippen LogP contribution in [0, 0.1) is 6.92 Å². The standard InChI is InChI=1S/C26H29N5O2/c1-19-8-10-21(11-9-19)25(32)29-22-16-23(24(28-17-22)31-14-12-27-13-15-31)26(33)30(2)18-20-6-4-3-5-7-20/h3-11,16-17,27H,12-15,18H2,1-2H3,(H,29,32). The zero-order valence-corrected chi connectivity index (χ0v) is 19.0. The lowest BCUT2D eigenvalue weighted by Crippen LogP contribution is -2.44. The number of amides is 2. The Morgan fingerprint density at radius 1 is 1.06 bits per heavy atom. The molecule has 7 nitrogen and oxygen atoms in total. The van der Waals surface area contributed by atoms with Crippen molar-refractivity contribution in [2.45, 2.75) is 13.5 Å². The van der Waals surface area contributed by atoms with Crippen molar-refractivity contribution in [1.82, 2.24) is 15.2 Å².